The molecule has 1 N–H and O–H groups in total. The summed E-state index contributed by atoms with van der Waals surface area (Å²) in [6.07, 6.45) is 0. The summed E-state index contributed by atoms with van der Waals surface area (Å²) in [6, 6.07) is 4.01. The molecular weight excluding hydrogens is 164 g/mol. The normalized spacial score (nSPS) is 15.2. The summed E-state index contributed by atoms with van der Waals surface area (Å²) in [5, 5.41) is 30.9. The van der Waals surface area contributed by atoms with Crippen LogP contribution in [0.3, 0.4) is 0 Å². The van der Waals surface area contributed by atoms with Crippen LogP contribution in [0.5, 0.6) is 5.75 Å². The zero-order valence-corrected chi connectivity index (χ0v) is 5.80. The van der Waals surface area contributed by atoms with Gasteiger partial charge in [-0.15, -0.1) is 10.2 Å². The Hall–Kier alpha value is -1.50. The molecule has 2 rings (SSSR count). The lowest BCUT2D eigenvalue weighted by atomic mass is 10.2. The van der Waals surface area contributed by atoms with Gasteiger partial charge >= 0.3 is 0 Å². The second kappa shape index (κ2) is 2.24. The van der Waals surface area contributed by atoms with E-state index in [4.69, 9.17) is 5.21 Å². The molecule has 0 aromatic heterocycles. The largest absolute Gasteiger partial charge is 0.871 e. The Kier molecular flexibility index (Phi) is 1.34. The lowest BCUT2D eigenvalue weighted by molar-refractivity contribution is -0.268. The first kappa shape index (κ1) is 7.17. The fourth-order valence-electron chi connectivity index (χ4n) is 1.01. The Morgan fingerprint density at radius 2 is 2.17 bits per heavy atom. The maximum atomic E-state index is 11.0. The van der Waals surface area contributed by atoms with Crippen molar-refractivity contribution in [3.63, 3.8) is 0 Å². The molecule has 0 saturated carbocycles. The van der Waals surface area contributed by atoms with Gasteiger partial charge in [0, 0.05) is 0 Å². The van der Waals surface area contributed by atoms with Crippen molar-refractivity contribution in [2.24, 2.45) is 0 Å². The van der Waals surface area contributed by atoms with Crippen molar-refractivity contribution < 1.29 is 15.3 Å². The van der Waals surface area contributed by atoms with Gasteiger partial charge in [-0.2, -0.15) is 0 Å². The van der Waals surface area contributed by atoms with Gasteiger partial charge in [0.1, 0.15) is 5.69 Å². The number of benzene rings is 1. The van der Waals surface area contributed by atoms with Gasteiger partial charge in [0.25, 0.3) is 0 Å². The smallest absolute Gasteiger partial charge is 0.114 e. The topological polar surface area (TPSA) is 82.1 Å². The molecule has 0 atom stereocenters. The number of nitrogens with zero attached hydrogens (tertiary/aromatic N) is 2. The molecule has 1 aliphatic heterocycles. The molecular formula is C6H4N2O4-2. The number of fused-ring (bicyclic) bond motifs is 1. The minimum absolute atomic E-state index is 0.00463. The van der Waals surface area contributed by atoms with E-state index < -0.39 is 5.75 Å². The van der Waals surface area contributed by atoms with Crippen LogP contribution >= 0.6 is 0 Å². The minimum Gasteiger partial charge on any atom is -0.871 e. The van der Waals surface area contributed by atoms with Crippen LogP contribution in [0, 0.1) is 5.21 Å². The summed E-state index contributed by atoms with van der Waals surface area (Å²) in [5.74, 6) is -0.464. The number of hydrogen-bond acceptors (Lipinski definition) is 6. The van der Waals surface area contributed by atoms with Gasteiger partial charge in [-0.1, -0.05) is 17.9 Å². The van der Waals surface area contributed by atoms with Crippen LogP contribution in [0.2, 0.25) is 0 Å². The molecule has 0 saturated heterocycles. The van der Waals surface area contributed by atoms with Gasteiger partial charge in [-0.25, -0.2) is 0 Å². The molecule has 0 bridgehead atoms. The Morgan fingerprint density at radius 1 is 1.42 bits per heavy atom. The van der Waals surface area contributed by atoms with Crippen molar-refractivity contribution in [2.45, 2.75) is 0 Å². The third-order valence-electron chi connectivity index (χ3n) is 1.52. The number of rotatable bonds is 0. The zero-order chi connectivity index (χ0) is 8.72. The average molecular weight is 168 g/mol. The van der Waals surface area contributed by atoms with Crippen molar-refractivity contribution >= 4 is 11.4 Å². The summed E-state index contributed by atoms with van der Waals surface area (Å²) in [6.45, 7) is 0. The molecule has 1 heterocycles. The molecule has 12 heavy (non-hydrogen) atoms. The molecule has 1 aromatic rings. The first-order chi connectivity index (χ1) is 5.70. The lowest BCUT2D eigenvalue weighted by Crippen LogP contribution is -2.20. The second-order valence-corrected chi connectivity index (χ2v) is 2.24. The molecule has 0 amide bonds. The van der Waals surface area contributed by atoms with E-state index >= 15 is 0 Å². The average Bonchev–Trinajstić information content (AvgIpc) is 2.29. The minimum atomic E-state index is -0.464. The van der Waals surface area contributed by atoms with Crippen LogP contribution in [0.25, 0.3) is 0 Å². The van der Waals surface area contributed by atoms with Crippen molar-refractivity contribution in [3.05, 3.63) is 23.4 Å². The molecule has 1 aliphatic rings. The molecule has 0 spiro atoms. The van der Waals surface area contributed by atoms with E-state index in [2.05, 4.69) is 4.94 Å². The maximum absolute atomic E-state index is 11.0. The van der Waals surface area contributed by atoms with E-state index in [-0.39, 0.29) is 21.8 Å². The predicted octanol–water partition coefficient (Wildman–Crippen LogP) is 0.120. The van der Waals surface area contributed by atoms with Crippen molar-refractivity contribution in [2.75, 3.05) is 10.5 Å². The number of hydrogen-bond donors (Lipinski definition) is 1. The predicted molar refractivity (Wildman–Crippen MR) is 37.1 cm³/mol. The van der Waals surface area contributed by atoms with Gasteiger partial charge < -0.3 is 10.3 Å². The number of para-hydroxylation sites is 1. The fraction of sp³-hybridized carbons (Fsp3) is 0. The van der Waals surface area contributed by atoms with Crippen LogP contribution in [0.1, 0.15) is 0 Å². The molecule has 6 heteroatoms. The third-order valence-corrected chi connectivity index (χ3v) is 1.52. The van der Waals surface area contributed by atoms with Crippen LogP contribution in [0.15, 0.2) is 18.2 Å². The quantitative estimate of drug-likeness (QED) is 0.592. The summed E-state index contributed by atoms with van der Waals surface area (Å²) in [7, 11) is 0. The monoisotopic (exact) mass is 168 g/mol. The number of anilines is 2. The van der Waals surface area contributed by atoms with Gasteiger partial charge in [0.05, 0.1) is 5.69 Å². The molecule has 0 unspecified atom stereocenters. The van der Waals surface area contributed by atoms with Gasteiger partial charge in [0.2, 0.25) is 0 Å². The van der Waals surface area contributed by atoms with Crippen molar-refractivity contribution in [1.29, 1.82) is 0 Å². The second-order valence-electron chi connectivity index (χ2n) is 2.24. The maximum Gasteiger partial charge on any atom is 0.114 e. The van der Waals surface area contributed by atoms with Gasteiger partial charge in [-0.3, -0.25) is 10.4 Å². The van der Waals surface area contributed by atoms with E-state index in [1.165, 1.54) is 18.2 Å². The standard InChI is InChI=1S/C6H5N2O4/c9-5-3-1-2-4-6(5)8(11)12-7(4)10/h1-3,9,11H/q-1/p-1. The molecule has 64 valence electrons. The summed E-state index contributed by atoms with van der Waals surface area (Å²) < 4.78 is 0. The molecule has 0 radical (unpaired) electrons. The molecule has 1 aromatic carbocycles. The Morgan fingerprint density at radius 3 is 2.83 bits per heavy atom. The highest BCUT2D eigenvalue weighted by Gasteiger charge is 2.20. The van der Waals surface area contributed by atoms with Gasteiger partial charge in [0.15, 0.2) is 0 Å². The Labute approximate surface area is 67.3 Å². The van der Waals surface area contributed by atoms with Crippen LogP contribution in [-0.4, -0.2) is 5.21 Å². The Balaban J connectivity index is 2.59. The first-order valence-electron chi connectivity index (χ1n) is 3.14. The summed E-state index contributed by atoms with van der Waals surface area (Å²) in [4.78, 5) is 4.18. The van der Waals surface area contributed by atoms with Crippen molar-refractivity contribution in [1.82, 2.24) is 0 Å². The molecule has 6 nitrogen and oxygen atoms in total. The van der Waals surface area contributed by atoms with E-state index in [1.807, 2.05) is 0 Å². The molecule has 0 fully saturated rings. The van der Waals surface area contributed by atoms with Crippen LogP contribution in [-0.2, 0) is 4.94 Å². The van der Waals surface area contributed by atoms with Crippen molar-refractivity contribution in [3.8, 4) is 5.75 Å². The highest BCUT2D eigenvalue weighted by molar-refractivity contribution is 5.76. The fourth-order valence-corrected chi connectivity index (χ4v) is 1.01. The highest BCUT2D eigenvalue weighted by Crippen LogP contribution is 2.40. The molecule has 0 aliphatic carbocycles. The van der Waals surface area contributed by atoms with Crippen LogP contribution < -0.4 is 15.6 Å². The summed E-state index contributed by atoms with van der Waals surface area (Å²) in [5.41, 5.74) is -0.155. The van der Waals surface area contributed by atoms with E-state index in [9.17, 15) is 10.3 Å². The highest BCUT2D eigenvalue weighted by atomic mass is 17.1. The SMILES string of the molecule is [O-]c1cccc2c1N(O)ON2[O-]. The Bertz CT molecular complexity index is 316. The lowest BCUT2D eigenvalue weighted by Gasteiger charge is -2.20. The third kappa shape index (κ3) is 0.797. The van der Waals surface area contributed by atoms with E-state index in [0.29, 0.717) is 0 Å². The van der Waals surface area contributed by atoms with E-state index in [1.54, 1.807) is 0 Å². The first-order valence-corrected chi connectivity index (χ1v) is 3.14. The van der Waals surface area contributed by atoms with Crippen LogP contribution in [0.4, 0.5) is 11.4 Å². The summed E-state index contributed by atoms with van der Waals surface area (Å²) >= 11 is 0. The van der Waals surface area contributed by atoms with E-state index in [0.717, 1.165) is 0 Å². The zero-order valence-electron chi connectivity index (χ0n) is 5.80. The van der Waals surface area contributed by atoms with Gasteiger partial charge in [-0.05, 0) is 6.07 Å².